The van der Waals surface area contributed by atoms with Crippen molar-refractivity contribution in [2.24, 2.45) is 0 Å². The van der Waals surface area contributed by atoms with Gasteiger partial charge in [0.2, 0.25) is 0 Å². The molecule has 0 saturated heterocycles. The van der Waals surface area contributed by atoms with Gasteiger partial charge < -0.3 is 10.2 Å². The largest absolute Gasteiger partial charge is 0.478 e. The molecule has 0 aromatic heterocycles. The van der Waals surface area contributed by atoms with E-state index in [0.717, 1.165) is 0 Å². The van der Waals surface area contributed by atoms with Gasteiger partial charge in [-0.05, 0) is 24.3 Å². The van der Waals surface area contributed by atoms with Crippen LogP contribution in [0.3, 0.4) is 0 Å². The molecule has 0 aliphatic rings. The van der Waals surface area contributed by atoms with E-state index in [9.17, 15) is 9.59 Å². The zero-order chi connectivity index (χ0) is 12.7. The van der Waals surface area contributed by atoms with Crippen LogP contribution in [0.2, 0.25) is 0 Å². The molecule has 0 bridgehead atoms. The number of hydrogen-bond acceptors (Lipinski definition) is 2. The van der Waals surface area contributed by atoms with Gasteiger partial charge in [-0.25, -0.2) is 21.7 Å². The van der Waals surface area contributed by atoms with Crippen LogP contribution >= 0.6 is 0 Å². The molecule has 5 heteroatoms. The van der Waals surface area contributed by atoms with Gasteiger partial charge in [0.05, 0.1) is 11.1 Å². The maximum Gasteiger partial charge on any atom is 0.335 e. The second kappa shape index (κ2) is 8.17. The second-order valence-electron chi connectivity index (χ2n) is 3.15. The van der Waals surface area contributed by atoms with Crippen LogP contribution in [0.25, 0.3) is 0 Å². The van der Waals surface area contributed by atoms with E-state index in [0.29, 0.717) is 0 Å². The standard InChI is InChI=1S/C8H6O4.C5H5.Fe/c9-7(10)5-1-2-6(4-3-5)8(11)12;1-2-4-5-3-1;/h1-4H,(H,9,10)(H,11,12);1-5H;/q;-1;. The topological polar surface area (TPSA) is 74.6 Å². The minimum atomic E-state index is -1.06. The summed E-state index contributed by atoms with van der Waals surface area (Å²) in [5.74, 6) is -2.13. The van der Waals surface area contributed by atoms with Gasteiger partial charge in [-0.3, -0.25) is 0 Å². The average Bonchev–Trinajstić information content (AvgIpc) is 2.87. The Morgan fingerprint density at radius 3 is 1.33 bits per heavy atom. The van der Waals surface area contributed by atoms with Crippen LogP contribution in [0.4, 0.5) is 0 Å². The van der Waals surface area contributed by atoms with Crippen LogP contribution < -0.4 is 0 Å². The number of hydrogen-bond donors (Lipinski definition) is 2. The number of aromatic carboxylic acids is 2. The number of benzene rings is 1. The summed E-state index contributed by atoms with van der Waals surface area (Å²) in [4.78, 5) is 20.7. The Kier molecular flexibility index (Phi) is 7.27. The number of carboxylic acid groups (broad SMARTS) is 2. The van der Waals surface area contributed by atoms with Crippen LogP contribution in [-0.4, -0.2) is 22.2 Å². The fourth-order valence-corrected chi connectivity index (χ4v) is 1.08. The summed E-state index contributed by atoms with van der Waals surface area (Å²) in [5, 5.41) is 16.9. The summed E-state index contributed by atoms with van der Waals surface area (Å²) < 4.78 is 0. The predicted molar refractivity (Wildman–Crippen MR) is 62.4 cm³/mol. The molecule has 4 nitrogen and oxygen atoms in total. The van der Waals surface area contributed by atoms with Crippen molar-refractivity contribution in [1.29, 1.82) is 0 Å². The normalized spacial score (nSPS) is 8.44. The molecule has 2 aromatic carbocycles. The first-order valence-electron chi connectivity index (χ1n) is 4.84. The summed E-state index contributed by atoms with van der Waals surface area (Å²) >= 11 is 0. The third-order valence-corrected chi connectivity index (χ3v) is 1.93. The molecule has 0 unspecified atom stereocenters. The van der Waals surface area contributed by atoms with Crippen molar-refractivity contribution in [3.8, 4) is 0 Å². The van der Waals surface area contributed by atoms with E-state index in [1.807, 2.05) is 30.3 Å². The first-order chi connectivity index (χ1) is 8.11. The molecule has 2 aromatic rings. The van der Waals surface area contributed by atoms with Gasteiger partial charge in [0.1, 0.15) is 0 Å². The molecule has 0 amide bonds. The second-order valence-corrected chi connectivity index (χ2v) is 3.15. The molecule has 0 saturated carbocycles. The molecule has 18 heavy (non-hydrogen) atoms. The molecule has 0 aliphatic heterocycles. The minimum Gasteiger partial charge on any atom is -0.478 e. The molecule has 0 atom stereocenters. The first kappa shape index (κ1) is 16.0. The van der Waals surface area contributed by atoms with Crippen molar-refractivity contribution in [3.63, 3.8) is 0 Å². The Morgan fingerprint density at radius 2 is 1.17 bits per heavy atom. The SMILES string of the molecule is O=C(O)c1ccc(C(=O)O)cc1.[Fe].c1cc[cH-]c1. The molecule has 2 rings (SSSR count). The van der Waals surface area contributed by atoms with Crippen LogP contribution in [0.5, 0.6) is 0 Å². The van der Waals surface area contributed by atoms with Crippen LogP contribution in [0, 0.1) is 0 Å². The minimum absolute atomic E-state index is 0. The fraction of sp³-hybridized carbons (Fsp3) is 0. The predicted octanol–water partition coefficient (Wildman–Crippen LogP) is 2.49. The Hall–Kier alpha value is -1.97. The van der Waals surface area contributed by atoms with Gasteiger partial charge in [-0.1, -0.05) is 0 Å². The Labute approximate surface area is 115 Å². The van der Waals surface area contributed by atoms with Crippen molar-refractivity contribution < 1.29 is 36.9 Å². The summed E-state index contributed by atoms with van der Waals surface area (Å²) in [7, 11) is 0. The van der Waals surface area contributed by atoms with Crippen molar-refractivity contribution in [1.82, 2.24) is 0 Å². The smallest absolute Gasteiger partial charge is 0.335 e. The van der Waals surface area contributed by atoms with E-state index in [-0.39, 0.29) is 28.2 Å². The van der Waals surface area contributed by atoms with Crippen molar-refractivity contribution in [2.75, 3.05) is 0 Å². The summed E-state index contributed by atoms with van der Waals surface area (Å²) in [6.07, 6.45) is 0. The Morgan fingerprint density at radius 1 is 0.833 bits per heavy atom. The fourth-order valence-electron chi connectivity index (χ4n) is 1.08. The van der Waals surface area contributed by atoms with Crippen molar-refractivity contribution >= 4 is 11.9 Å². The first-order valence-corrected chi connectivity index (χ1v) is 4.84. The van der Waals surface area contributed by atoms with Crippen LogP contribution in [0.15, 0.2) is 54.6 Å². The van der Waals surface area contributed by atoms with E-state index >= 15 is 0 Å². The molecule has 0 heterocycles. The number of rotatable bonds is 2. The monoisotopic (exact) mass is 287 g/mol. The molecule has 0 fully saturated rings. The molecule has 0 aliphatic carbocycles. The molecular weight excluding hydrogens is 276 g/mol. The molecule has 0 radical (unpaired) electrons. The molecular formula is C13H11FeO4-. The van der Waals surface area contributed by atoms with E-state index < -0.39 is 11.9 Å². The number of carboxylic acids is 2. The van der Waals surface area contributed by atoms with Crippen molar-refractivity contribution in [2.45, 2.75) is 0 Å². The summed E-state index contributed by atoms with van der Waals surface area (Å²) in [6.45, 7) is 0. The number of carbonyl (C=O) groups is 2. The van der Waals surface area contributed by atoms with Crippen molar-refractivity contribution in [3.05, 3.63) is 65.7 Å². The average molecular weight is 287 g/mol. The van der Waals surface area contributed by atoms with Gasteiger partial charge in [0.15, 0.2) is 0 Å². The van der Waals surface area contributed by atoms with E-state index in [4.69, 9.17) is 10.2 Å². The van der Waals surface area contributed by atoms with Gasteiger partial charge in [-0.15, -0.1) is 0 Å². The zero-order valence-electron chi connectivity index (χ0n) is 9.26. The van der Waals surface area contributed by atoms with E-state index in [1.165, 1.54) is 24.3 Å². The van der Waals surface area contributed by atoms with Gasteiger partial charge in [-0.2, -0.15) is 18.2 Å². The molecule has 96 valence electrons. The van der Waals surface area contributed by atoms with E-state index in [1.54, 1.807) is 0 Å². The van der Waals surface area contributed by atoms with E-state index in [2.05, 4.69) is 0 Å². The van der Waals surface area contributed by atoms with Gasteiger partial charge in [0.25, 0.3) is 0 Å². The maximum absolute atomic E-state index is 10.3. The van der Waals surface area contributed by atoms with Crippen LogP contribution in [0.1, 0.15) is 20.7 Å². The molecule has 0 spiro atoms. The summed E-state index contributed by atoms with van der Waals surface area (Å²) in [6, 6.07) is 15.0. The quantitative estimate of drug-likeness (QED) is 0.657. The van der Waals surface area contributed by atoms with Crippen LogP contribution in [-0.2, 0) is 17.1 Å². The Bertz CT molecular complexity index is 424. The zero-order valence-corrected chi connectivity index (χ0v) is 10.4. The third-order valence-electron chi connectivity index (χ3n) is 1.93. The van der Waals surface area contributed by atoms with Gasteiger partial charge >= 0.3 is 11.9 Å². The maximum atomic E-state index is 10.3. The summed E-state index contributed by atoms with van der Waals surface area (Å²) in [5.41, 5.74) is 0.167. The molecule has 2 N–H and O–H groups in total. The van der Waals surface area contributed by atoms with Gasteiger partial charge in [0, 0.05) is 17.1 Å². The third kappa shape index (κ3) is 5.39. The Balaban J connectivity index is 0.000000405.